The van der Waals surface area contributed by atoms with E-state index in [0.717, 1.165) is 57.8 Å². The van der Waals surface area contributed by atoms with Crippen molar-refractivity contribution < 1.29 is 24.5 Å². The second-order valence-corrected chi connectivity index (χ2v) is 16.1. The molecule has 0 spiro atoms. The lowest BCUT2D eigenvalue weighted by atomic mass is 10.0. The van der Waals surface area contributed by atoms with Crippen molar-refractivity contribution in [2.24, 2.45) is 0 Å². The maximum absolute atomic E-state index is 12.4. The van der Waals surface area contributed by atoms with E-state index < -0.39 is 12.1 Å². The second kappa shape index (κ2) is 43.3. The molecule has 0 aliphatic rings. The molecule has 0 aromatic rings. The molecular formula is C47H91NO5. The first kappa shape index (κ1) is 51.6. The molecule has 0 aliphatic heterocycles. The van der Waals surface area contributed by atoms with Crippen molar-refractivity contribution in [3.05, 3.63) is 12.2 Å². The van der Waals surface area contributed by atoms with Crippen molar-refractivity contribution in [2.75, 3.05) is 13.2 Å². The van der Waals surface area contributed by atoms with E-state index in [4.69, 9.17) is 4.74 Å². The van der Waals surface area contributed by atoms with Crippen LogP contribution in [0.2, 0.25) is 0 Å². The Morgan fingerprint density at radius 2 is 0.868 bits per heavy atom. The highest BCUT2D eigenvalue weighted by Crippen LogP contribution is 2.15. The van der Waals surface area contributed by atoms with Crippen LogP contribution in [0, 0.1) is 0 Å². The summed E-state index contributed by atoms with van der Waals surface area (Å²) in [5.74, 6) is -0.121. The fraction of sp³-hybridized carbons (Fsp3) is 0.915. The van der Waals surface area contributed by atoms with Crippen LogP contribution in [0.1, 0.15) is 251 Å². The van der Waals surface area contributed by atoms with Gasteiger partial charge in [-0.15, -0.1) is 0 Å². The smallest absolute Gasteiger partial charge is 0.305 e. The molecule has 1 amide bonds. The molecule has 314 valence electrons. The highest BCUT2D eigenvalue weighted by Gasteiger charge is 2.18. The molecule has 53 heavy (non-hydrogen) atoms. The Bertz CT molecular complexity index is 787. The van der Waals surface area contributed by atoms with Gasteiger partial charge in [-0.3, -0.25) is 9.59 Å². The van der Waals surface area contributed by atoms with E-state index in [2.05, 4.69) is 19.2 Å². The summed E-state index contributed by atoms with van der Waals surface area (Å²) in [7, 11) is 0. The Morgan fingerprint density at radius 3 is 1.28 bits per heavy atom. The Balaban J connectivity index is 3.49. The van der Waals surface area contributed by atoms with Gasteiger partial charge >= 0.3 is 5.97 Å². The quantitative estimate of drug-likeness (QED) is 0.0328. The van der Waals surface area contributed by atoms with Crippen molar-refractivity contribution in [2.45, 2.75) is 264 Å². The molecule has 0 fully saturated rings. The predicted molar refractivity (Wildman–Crippen MR) is 227 cm³/mol. The molecule has 0 radical (unpaired) electrons. The van der Waals surface area contributed by atoms with Gasteiger partial charge in [0, 0.05) is 12.8 Å². The van der Waals surface area contributed by atoms with E-state index in [1.165, 1.54) is 167 Å². The van der Waals surface area contributed by atoms with Crippen molar-refractivity contribution in [3.63, 3.8) is 0 Å². The normalized spacial score (nSPS) is 12.8. The number of carbonyl (C=O) groups excluding carboxylic acids is 2. The molecule has 6 heteroatoms. The number of nitrogens with one attached hydrogen (secondary N) is 1. The molecule has 2 atom stereocenters. The monoisotopic (exact) mass is 750 g/mol. The van der Waals surface area contributed by atoms with Gasteiger partial charge in [-0.05, 0) is 32.1 Å². The van der Waals surface area contributed by atoms with E-state index in [0.29, 0.717) is 19.4 Å². The Labute approximate surface area is 329 Å². The van der Waals surface area contributed by atoms with Crippen LogP contribution >= 0.6 is 0 Å². The third kappa shape index (κ3) is 40.1. The molecule has 0 bridgehead atoms. The first-order valence-electron chi connectivity index (χ1n) is 23.5. The molecule has 0 saturated heterocycles. The second-order valence-electron chi connectivity index (χ2n) is 16.1. The minimum Gasteiger partial charge on any atom is -0.466 e. The zero-order valence-electron chi connectivity index (χ0n) is 35.5. The first-order valence-corrected chi connectivity index (χ1v) is 23.5. The molecule has 2 unspecified atom stereocenters. The lowest BCUT2D eigenvalue weighted by Crippen LogP contribution is -2.45. The van der Waals surface area contributed by atoms with Crippen LogP contribution in [0.25, 0.3) is 0 Å². The number of amides is 1. The number of hydrogen-bond donors (Lipinski definition) is 3. The number of ether oxygens (including phenoxy) is 1. The summed E-state index contributed by atoms with van der Waals surface area (Å²) in [5, 5.41) is 22.9. The van der Waals surface area contributed by atoms with Gasteiger partial charge in [0.25, 0.3) is 0 Å². The number of aliphatic hydroxyl groups excluding tert-OH is 2. The van der Waals surface area contributed by atoms with E-state index in [1.54, 1.807) is 6.08 Å². The van der Waals surface area contributed by atoms with Gasteiger partial charge in [-0.25, -0.2) is 0 Å². The third-order valence-corrected chi connectivity index (χ3v) is 10.8. The van der Waals surface area contributed by atoms with Crippen LogP contribution in [0.3, 0.4) is 0 Å². The maximum atomic E-state index is 12.4. The molecule has 0 rings (SSSR count). The van der Waals surface area contributed by atoms with Gasteiger partial charge in [0.1, 0.15) is 0 Å². The van der Waals surface area contributed by atoms with Crippen LogP contribution in [-0.2, 0) is 14.3 Å². The molecule has 0 heterocycles. The molecular weight excluding hydrogens is 659 g/mol. The topological polar surface area (TPSA) is 95.9 Å². The van der Waals surface area contributed by atoms with E-state index >= 15 is 0 Å². The van der Waals surface area contributed by atoms with Gasteiger partial charge in [0.05, 0.1) is 25.4 Å². The van der Waals surface area contributed by atoms with Gasteiger partial charge in [-0.1, -0.05) is 219 Å². The van der Waals surface area contributed by atoms with Crippen molar-refractivity contribution in [3.8, 4) is 0 Å². The molecule has 0 aromatic heterocycles. The Kier molecular flexibility index (Phi) is 42.2. The largest absolute Gasteiger partial charge is 0.466 e. The molecule has 0 aliphatic carbocycles. The average molecular weight is 750 g/mol. The Morgan fingerprint density at radius 1 is 0.509 bits per heavy atom. The van der Waals surface area contributed by atoms with Crippen molar-refractivity contribution >= 4 is 11.9 Å². The summed E-state index contributed by atoms with van der Waals surface area (Å²) < 4.78 is 5.45. The fourth-order valence-corrected chi connectivity index (χ4v) is 7.16. The summed E-state index contributed by atoms with van der Waals surface area (Å²) in [6.45, 7) is 4.82. The number of unbranched alkanes of at least 4 members (excludes halogenated alkanes) is 32. The third-order valence-electron chi connectivity index (χ3n) is 10.8. The summed E-state index contributed by atoms with van der Waals surface area (Å²) in [4.78, 5) is 24.4. The minimum absolute atomic E-state index is 0.0245. The lowest BCUT2D eigenvalue weighted by Gasteiger charge is -2.20. The zero-order chi connectivity index (χ0) is 38.7. The van der Waals surface area contributed by atoms with Crippen LogP contribution in [-0.4, -0.2) is 47.4 Å². The number of rotatable bonds is 43. The fourth-order valence-electron chi connectivity index (χ4n) is 7.16. The van der Waals surface area contributed by atoms with Gasteiger partial charge in [0.2, 0.25) is 5.91 Å². The lowest BCUT2D eigenvalue weighted by molar-refractivity contribution is -0.143. The predicted octanol–water partition coefficient (Wildman–Crippen LogP) is 13.4. The summed E-state index contributed by atoms with van der Waals surface area (Å²) in [6.07, 6.45) is 47.7. The van der Waals surface area contributed by atoms with E-state index in [1.807, 2.05) is 6.08 Å². The molecule has 3 N–H and O–H groups in total. The van der Waals surface area contributed by atoms with E-state index in [9.17, 15) is 19.8 Å². The van der Waals surface area contributed by atoms with Crippen LogP contribution in [0.4, 0.5) is 0 Å². The molecule has 6 nitrogen and oxygen atoms in total. The highest BCUT2D eigenvalue weighted by molar-refractivity contribution is 5.76. The van der Waals surface area contributed by atoms with Crippen LogP contribution in [0.5, 0.6) is 0 Å². The minimum atomic E-state index is -0.858. The van der Waals surface area contributed by atoms with E-state index in [-0.39, 0.29) is 18.5 Å². The van der Waals surface area contributed by atoms with Crippen LogP contribution < -0.4 is 5.32 Å². The zero-order valence-corrected chi connectivity index (χ0v) is 35.5. The first-order chi connectivity index (χ1) is 26.0. The van der Waals surface area contributed by atoms with Gasteiger partial charge in [0.15, 0.2) is 0 Å². The summed E-state index contributed by atoms with van der Waals surface area (Å²) >= 11 is 0. The molecule has 0 aromatic carbocycles. The summed E-state index contributed by atoms with van der Waals surface area (Å²) in [5.41, 5.74) is 0. The maximum Gasteiger partial charge on any atom is 0.305 e. The number of esters is 1. The number of allylic oxidation sites excluding steroid dienone is 1. The van der Waals surface area contributed by atoms with Gasteiger partial charge < -0.3 is 20.3 Å². The Hall–Kier alpha value is -1.40. The van der Waals surface area contributed by atoms with Crippen molar-refractivity contribution in [1.29, 1.82) is 0 Å². The number of carbonyl (C=O) groups is 2. The summed E-state index contributed by atoms with van der Waals surface area (Å²) in [6, 6.07) is -0.644. The standard InChI is InChI=1S/C47H91NO5/c1-3-5-7-9-11-13-15-16-17-18-19-21-25-29-33-37-41-47(52)53-42-38-34-30-26-22-24-28-32-36-40-46(51)48-44(43-49)45(50)39-35-31-27-23-20-14-12-10-8-6-4-2/h35,39,44-45,49-50H,3-34,36-38,40-43H2,1-2H3,(H,48,51)/b39-35+. The van der Waals surface area contributed by atoms with Gasteiger partial charge in [-0.2, -0.15) is 0 Å². The number of hydrogen-bond acceptors (Lipinski definition) is 5. The molecule has 0 saturated carbocycles. The average Bonchev–Trinajstić information content (AvgIpc) is 3.16. The SMILES string of the molecule is CCCCCCCCCCC/C=C/C(O)C(CO)NC(=O)CCCCCCCCCCCOC(=O)CCCCCCCCCCCCCCCCCC. The van der Waals surface area contributed by atoms with Crippen molar-refractivity contribution in [1.82, 2.24) is 5.32 Å². The number of aliphatic hydroxyl groups is 2. The highest BCUT2D eigenvalue weighted by atomic mass is 16.5. The van der Waals surface area contributed by atoms with Crippen LogP contribution in [0.15, 0.2) is 12.2 Å².